The van der Waals surface area contributed by atoms with Gasteiger partial charge in [-0.1, -0.05) is 40.2 Å². The molecule has 0 aliphatic carbocycles. The van der Waals surface area contributed by atoms with Crippen LogP contribution in [0.3, 0.4) is 0 Å². The number of pyridine rings is 1. The van der Waals surface area contributed by atoms with Crippen LogP contribution in [0.5, 0.6) is 0 Å². The Balaban J connectivity index is 1.94. The average Bonchev–Trinajstić information content (AvgIpc) is 3.11. The summed E-state index contributed by atoms with van der Waals surface area (Å²) in [5, 5.41) is 28.0. The Morgan fingerprint density at radius 3 is 2.54 bits per heavy atom. The maximum absolute atomic E-state index is 11.9. The maximum atomic E-state index is 11.9. The minimum absolute atomic E-state index is 0.0122. The molecule has 2 aromatic heterocycles. The Hall–Kier alpha value is -3.59. The van der Waals surface area contributed by atoms with Gasteiger partial charge in [0.1, 0.15) is 0 Å². The van der Waals surface area contributed by atoms with Gasteiger partial charge in [-0.3, -0.25) is 15.2 Å². The quantitative estimate of drug-likeness (QED) is 0.352. The van der Waals surface area contributed by atoms with Crippen molar-refractivity contribution in [3.05, 3.63) is 74.7 Å². The molecule has 0 bridgehead atoms. The van der Waals surface area contributed by atoms with Gasteiger partial charge in [0.25, 0.3) is 5.69 Å². The van der Waals surface area contributed by atoms with Crippen LogP contribution in [0.25, 0.3) is 33.5 Å². The number of non-ortho nitro benzene ring substituents is 1. The molecule has 0 aliphatic rings. The average molecular weight is 439 g/mol. The number of nitrogens with zero attached hydrogens (tertiary/aromatic N) is 3. The van der Waals surface area contributed by atoms with Gasteiger partial charge in [-0.05, 0) is 18.2 Å². The number of nitro groups is 1. The SMILES string of the molecule is O=C(O)c1cc(-c2ccc(Br)cc2)nc2n[nH]c(-c3cccc([N+](=O)[O-])c3)c12. The van der Waals surface area contributed by atoms with Crippen LogP contribution in [0.15, 0.2) is 59.1 Å². The molecule has 0 amide bonds. The fourth-order valence-electron chi connectivity index (χ4n) is 2.94. The molecular formula is C19H11BrN4O4. The van der Waals surface area contributed by atoms with Crippen molar-refractivity contribution in [3.63, 3.8) is 0 Å². The van der Waals surface area contributed by atoms with Crippen molar-refractivity contribution in [2.75, 3.05) is 0 Å². The molecular weight excluding hydrogens is 428 g/mol. The van der Waals surface area contributed by atoms with Gasteiger partial charge < -0.3 is 5.11 Å². The second-order valence-corrected chi connectivity index (χ2v) is 6.89. The predicted octanol–water partition coefficient (Wildman–Crippen LogP) is 4.66. The first-order chi connectivity index (χ1) is 13.4. The van der Waals surface area contributed by atoms with Crippen molar-refractivity contribution < 1.29 is 14.8 Å². The molecule has 4 aromatic rings. The van der Waals surface area contributed by atoms with Crippen molar-refractivity contribution in [2.24, 2.45) is 0 Å². The summed E-state index contributed by atoms with van der Waals surface area (Å²) in [4.78, 5) is 26.9. The molecule has 8 nitrogen and oxygen atoms in total. The van der Waals surface area contributed by atoms with Crippen LogP contribution in [0.4, 0.5) is 5.69 Å². The lowest BCUT2D eigenvalue weighted by Gasteiger charge is -2.06. The van der Waals surface area contributed by atoms with E-state index in [1.165, 1.54) is 24.3 Å². The monoisotopic (exact) mass is 438 g/mol. The van der Waals surface area contributed by atoms with E-state index >= 15 is 0 Å². The number of carboxylic acid groups (broad SMARTS) is 1. The zero-order valence-electron chi connectivity index (χ0n) is 14.1. The van der Waals surface area contributed by atoms with E-state index in [2.05, 4.69) is 31.1 Å². The zero-order valence-corrected chi connectivity index (χ0v) is 15.7. The van der Waals surface area contributed by atoms with Gasteiger partial charge in [0.2, 0.25) is 0 Å². The number of H-pyrrole nitrogens is 1. The van der Waals surface area contributed by atoms with Gasteiger partial charge >= 0.3 is 5.97 Å². The first-order valence-corrected chi connectivity index (χ1v) is 8.86. The smallest absolute Gasteiger partial charge is 0.336 e. The van der Waals surface area contributed by atoms with E-state index in [4.69, 9.17) is 0 Å². The van der Waals surface area contributed by atoms with Crippen LogP contribution in [0, 0.1) is 10.1 Å². The standard InChI is InChI=1S/C19H11BrN4O4/c20-12-6-4-10(5-7-12)15-9-14(19(25)26)16-17(22-23-18(16)21-15)11-2-1-3-13(8-11)24(27)28/h1-9H,(H,25,26)(H,21,22,23). The van der Waals surface area contributed by atoms with Crippen LogP contribution in [-0.4, -0.2) is 31.2 Å². The Morgan fingerprint density at radius 1 is 1.11 bits per heavy atom. The van der Waals surface area contributed by atoms with Gasteiger partial charge in [-0.15, -0.1) is 0 Å². The first kappa shape index (κ1) is 17.8. The number of aromatic nitrogens is 3. The van der Waals surface area contributed by atoms with Crippen LogP contribution in [-0.2, 0) is 0 Å². The van der Waals surface area contributed by atoms with Crippen molar-refractivity contribution in [2.45, 2.75) is 0 Å². The molecule has 2 heterocycles. The normalized spacial score (nSPS) is 10.9. The number of aromatic carboxylic acids is 1. The summed E-state index contributed by atoms with van der Waals surface area (Å²) in [7, 11) is 0. The number of nitrogens with one attached hydrogen (secondary N) is 1. The number of fused-ring (bicyclic) bond motifs is 1. The molecule has 2 N–H and O–H groups in total. The summed E-state index contributed by atoms with van der Waals surface area (Å²) in [5.41, 5.74) is 2.17. The third kappa shape index (κ3) is 3.12. The Bertz CT molecular complexity index is 1230. The van der Waals surface area contributed by atoms with E-state index in [9.17, 15) is 20.0 Å². The van der Waals surface area contributed by atoms with E-state index in [1.807, 2.05) is 24.3 Å². The van der Waals surface area contributed by atoms with Gasteiger partial charge in [0.05, 0.1) is 27.3 Å². The third-order valence-corrected chi connectivity index (χ3v) is 4.77. The van der Waals surface area contributed by atoms with Gasteiger partial charge in [-0.25, -0.2) is 9.78 Å². The number of halogens is 1. The van der Waals surface area contributed by atoms with E-state index in [0.29, 0.717) is 22.3 Å². The highest BCUT2D eigenvalue weighted by atomic mass is 79.9. The molecule has 0 saturated carbocycles. The molecule has 28 heavy (non-hydrogen) atoms. The number of carbonyl (C=O) groups is 1. The number of hydrogen-bond donors (Lipinski definition) is 2. The van der Waals surface area contributed by atoms with Crippen molar-refractivity contribution in [1.82, 2.24) is 15.2 Å². The summed E-state index contributed by atoms with van der Waals surface area (Å²) in [6.07, 6.45) is 0. The highest BCUT2D eigenvalue weighted by Crippen LogP contribution is 2.33. The number of benzene rings is 2. The fourth-order valence-corrected chi connectivity index (χ4v) is 3.21. The molecule has 0 aliphatic heterocycles. The van der Waals surface area contributed by atoms with Crippen molar-refractivity contribution in [3.8, 4) is 22.5 Å². The topological polar surface area (TPSA) is 122 Å². The minimum atomic E-state index is -1.14. The number of carboxylic acids is 1. The fraction of sp³-hybridized carbons (Fsp3) is 0. The number of rotatable bonds is 4. The number of nitro benzene ring substituents is 1. The molecule has 0 unspecified atom stereocenters. The second-order valence-electron chi connectivity index (χ2n) is 5.97. The molecule has 4 rings (SSSR count). The summed E-state index contributed by atoms with van der Waals surface area (Å²) in [5.74, 6) is -1.14. The molecule has 0 saturated heterocycles. The largest absolute Gasteiger partial charge is 0.478 e. The van der Waals surface area contributed by atoms with Gasteiger partial charge in [0.15, 0.2) is 5.65 Å². The van der Waals surface area contributed by atoms with Crippen LogP contribution in [0.2, 0.25) is 0 Å². The van der Waals surface area contributed by atoms with E-state index in [0.717, 1.165) is 10.0 Å². The van der Waals surface area contributed by atoms with Crippen molar-refractivity contribution >= 4 is 38.6 Å². The van der Waals surface area contributed by atoms with E-state index < -0.39 is 10.9 Å². The first-order valence-electron chi connectivity index (χ1n) is 8.07. The van der Waals surface area contributed by atoms with E-state index in [1.54, 1.807) is 6.07 Å². The highest BCUT2D eigenvalue weighted by Gasteiger charge is 2.20. The van der Waals surface area contributed by atoms with Crippen LogP contribution < -0.4 is 0 Å². The maximum Gasteiger partial charge on any atom is 0.336 e. The lowest BCUT2D eigenvalue weighted by Crippen LogP contribution is -2.00. The van der Waals surface area contributed by atoms with Gasteiger partial charge in [0, 0.05) is 27.7 Å². The molecule has 0 fully saturated rings. The molecule has 9 heteroatoms. The molecule has 2 aromatic carbocycles. The van der Waals surface area contributed by atoms with E-state index in [-0.39, 0.29) is 16.9 Å². The number of aromatic amines is 1. The zero-order chi connectivity index (χ0) is 19.8. The van der Waals surface area contributed by atoms with Gasteiger partial charge in [-0.2, -0.15) is 5.10 Å². The summed E-state index contributed by atoms with van der Waals surface area (Å²) < 4.78 is 0.892. The Labute approximate surface area is 166 Å². The molecule has 0 radical (unpaired) electrons. The summed E-state index contributed by atoms with van der Waals surface area (Å²) >= 11 is 3.36. The summed E-state index contributed by atoms with van der Waals surface area (Å²) in [6.45, 7) is 0. The Morgan fingerprint density at radius 2 is 1.86 bits per heavy atom. The number of hydrogen-bond acceptors (Lipinski definition) is 5. The predicted molar refractivity (Wildman–Crippen MR) is 106 cm³/mol. The van der Waals surface area contributed by atoms with Crippen LogP contribution >= 0.6 is 15.9 Å². The molecule has 0 spiro atoms. The third-order valence-electron chi connectivity index (χ3n) is 4.24. The lowest BCUT2D eigenvalue weighted by molar-refractivity contribution is -0.384. The Kier molecular flexibility index (Phi) is 4.36. The minimum Gasteiger partial charge on any atom is -0.478 e. The lowest BCUT2D eigenvalue weighted by atomic mass is 10.0. The second kappa shape index (κ2) is 6.86. The molecule has 138 valence electrons. The van der Waals surface area contributed by atoms with Crippen molar-refractivity contribution in [1.29, 1.82) is 0 Å². The summed E-state index contributed by atoms with van der Waals surface area (Å²) in [6, 6.07) is 14.7. The molecule has 0 atom stereocenters. The van der Waals surface area contributed by atoms with Crippen LogP contribution in [0.1, 0.15) is 10.4 Å². The highest BCUT2D eigenvalue weighted by molar-refractivity contribution is 9.10.